The molecule has 0 atom stereocenters. The maximum Gasteiger partial charge on any atom is 0.259 e. The Morgan fingerprint density at radius 1 is 1.00 bits per heavy atom. The molecule has 0 bridgehead atoms. The number of nitrogens with zero attached hydrogens (tertiary/aromatic N) is 1. The first-order valence-electron chi connectivity index (χ1n) is 8.75. The zero-order chi connectivity index (χ0) is 21.8. The van der Waals surface area contributed by atoms with Gasteiger partial charge in [-0.05, 0) is 35.9 Å². The molecule has 0 heterocycles. The van der Waals surface area contributed by atoms with Gasteiger partial charge in [-0.2, -0.15) is 5.10 Å². The van der Waals surface area contributed by atoms with E-state index in [2.05, 4.69) is 15.8 Å². The highest BCUT2D eigenvalue weighted by Crippen LogP contribution is 2.27. The Bertz CT molecular complexity index is 901. The summed E-state index contributed by atoms with van der Waals surface area (Å²) in [5, 5.41) is 16.7. The fourth-order valence-corrected chi connectivity index (χ4v) is 2.13. The van der Waals surface area contributed by atoms with Crippen LogP contribution in [-0.4, -0.2) is 50.9 Å². The highest BCUT2D eigenvalue weighted by Gasteiger charge is 2.07. The SMILES string of the molecule is COc1cc(/C=N\NC(=O)CNC(=O)COc2ccccc2)ccc1OCC(=O)[O-]. The number of rotatable bonds is 11. The molecule has 10 nitrogen and oxygen atoms in total. The van der Waals surface area contributed by atoms with Gasteiger partial charge in [-0.1, -0.05) is 18.2 Å². The third-order valence-electron chi connectivity index (χ3n) is 3.50. The topological polar surface area (TPSA) is 138 Å². The van der Waals surface area contributed by atoms with Gasteiger partial charge in [0.15, 0.2) is 18.1 Å². The molecule has 2 N–H and O–H groups in total. The number of para-hydroxylation sites is 1. The highest BCUT2D eigenvalue weighted by molar-refractivity contribution is 5.87. The van der Waals surface area contributed by atoms with Crippen molar-refractivity contribution in [3.8, 4) is 17.2 Å². The first kappa shape index (κ1) is 22.2. The molecule has 0 unspecified atom stereocenters. The second-order valence-corrected chi connectivity index (χ2v) is 5.74. The largest absolute Gasteiger partial charge is 0.546 e. The molecule has 0 radical (unpaired) electrons. The Kier molecular flexibility index (Phi) is 8.66. The van der Waals surface area contributed by atoms with Crippen molar-refractivity contribution in [2.24, 2.45) is 5.10 Å². The van der Waals surface area contributed by atoms with Crippen molar-refractivity contribution in [3.63, 3.8) is 0 Å². The zero-order valence-corrected chi connectivity index (χ0v) is 16.1. The molecular formula is C20H20N3O7-. The normalized spacial score (nSPS) is 10.3. The van der Waals surface area contributed by atoms with E-state index < -0.39 is 24.4 Å². The lowest BCUT2D eigenvalue weighted by Crippen LogP contribution is -2.37. The van der Waals surface area contributed by atoms with Crippen LogP contribution in [0.25, 0.3) is 0 Å². The molecular weight excluding hydrogens is 394 g/mol. The zero-order valence-electron chi connectivity index (χ0n) is 16.1. The molecule has 10 heteroatoms. The van der Waals surface area contributed by atoms with Crippen molar-refractivity contribution in [1.29, 1.82) is 0 Å². The average Bonchev–Trinajstić information content (AvgIpc) is 2.75. The van der Waals surface area contributed by atoms with Gasteiger partial charge in [-0.25, -0.2) is 5.43 Å². The molecule has 0 aliphatic heterocycles. The minimum atomic E-state index is -1.36. The Labute approximate surface area is 172 Å². The van der Waals surface area contributed by atoms with Crippen LogP contribution in [0.3, 0.4) is 0 Å². The molecule has 2 rings (SSSR count). The van der Waals surface area contributed by atoms with Crippen LogP contribution in [0.4, 0.5) is 0 Å². The number of aliphatic carboxylic acids is 1. The summed E-state index contributed by atoms with van der Waals surface area (Å²) in [4.78, 5) is 33.9. The minimum Gasteiger partial charge on any atom is -0.546 e. The van der Waals surface area contributed by atoms with E-state index in [1.807, 2.05) is 6.07 Å². The van der Waals surface area contributed by atoms with Gasteiger partial charge < -0.3 is 29.4 Å². The maximum absolute atomic E-state index is 11.8. The molecule has 0 aliphatic rings. The molecule has 0 saturated carbocycles. The second-order valence-electron chi connectivity index (χ2n) is 5.74. The fourth-order valence-electron chi connectivity index (χ4n) is 2.13. The van der Waals surface area contributed by atoms with Gasteiger partial charge in [0.25, 0.3) is 11.8 Å². The molecule has 2 amide bonds. The second kappa shape index (κ2) is 11.7. The summed E-state index contributed by atoms with van der Waals surface area (Å²) >= 11 is 0. The molecule has 0 spiro atoms. The number of amides is 2. The first-order valence-corrected chi connectivity index (χ1v) is 8.75. The summed E-state index contributed by atoms with van der Waals surface area (Å²) < 4.78 is 15.4. The summed E-state index contributed by atoms with van der Waals surface area (Å²) in [6, 6.07) is 13.4. The standard InChI is InChI=1S/C20H21N3O7/c1-28-17-9-14(7-8-16(17)30-13-20(26)27)10-22-23-18(24)11-21-19(25)12-29-15-5-3-2-4-6-15/h2-10H,11-13H2,1H3,(H,21,25)(H,23,24)(H,26,27)/p-1/b22-10-. The highest BCUT2D eigenvalue weighted by atomic mass is 16.5. The number of hydrogen-bond donors (Lipinski definition) is 2. The van der Waals surface area contributed by atoms with Crippen molar-refractivity contribution in [1.82, 2.24) is 10.7 Å². The van der Waals surface area contributed by atoms with Crippen molar-refractivity contribution in [2.45, 2.75) is 0 Å². The third-order valence-corrected chi connectivity index (χ3v) is 3.50. The Morgan fingerprint density at radius 3 is 2.47 bits per heavy atom. The molecule has 2 aromatic rings. The van der Waals surface area contributed by atoms with Crippen LogP contribution in [0.2, 0.25) is 0 Å². The van der Waals surface area contributed by atoms with Gasteiger partial charge in [0.1, 0.15) is 12.4 Å². The molecule has 0 aromatic heterocycles. The van der Waals surface area contributed by atoms with Crippen LogP contribution in [0.1, 0.15) is 5.56 Å². The van der Waals surface area contributed by atoms with Crippen LogP contribution in [0.5, 0.6) is 17.2 Å². The van der Waals surface area contributed by atoms with Gasteiger partial charge in [-0.15, -0.1) is 0 Å². The maximum atomic E-state index is 11.8. The van der Waals surface area contributed by atoms with Crippen molar-refractivity contribution in [3.05, 3.63) is 54.1 Å². The number of carboxylic acid groups (broad SMARTS) is 1. The van der Waals surface area contributed by atoms with Gasteiger partial charge in [0, 0.05) is 0 Å². The van der Waals surface area contributed by atoms with E-state index in [4.69, 9.17) is 14.2 Å². The Morgan fingerprint density at radius 2 is 1.77 bits per heavy atom. The number of benzene rings is 2. The quantitative estimate of drug-likeness (QED) is 0.372. The summed E-state index contributed by atoms with van der Waals surface area (Å²) in [5.41, 5.74) is 2.83. The van der Waals surface area contributed by atoms with Gasteiger partial charge in [-0.3, -0.25) is 9.59 Å². The fraction of sp³-hybridized carbons (Fsp3) is 0.200. The van der Waals surface area contributed by atoms with E-state index in [1.54, 1.807) is 36.4 Å². The number of carboxylic acids is 1. The summed E-state index contributed by atoms with van der Waals surface area (Å²) in [5.74, 6) is -1.27. The summed E-state index contributed by atoms with van der Waals surface area (Å²) in [6.45, 7) is -1.09. The lowest BCUT2D eigenvalue weighted by Gasteiger charge is -2.11. The van der Waals surface area contributed by atoms with Crippen LogP contribution in [0.15, 0.2) is 53.6 Å². The number of hydrogen-bond acceptors (Lipinski definition) is 8. The number of carbonyl (C=O) groups is 3. The van der Waals surface area contributed by atoms with E-state index in [9.17, 15) is 19.5 Å². The first-order chi connectivity index (χ1) is 14.5. The number of nitrogens with one attached hydrogen (secondary N) is 2. The van der Waals surface area contributed by atoms with Crippen molar-refractivity contribution < 1.29 is 33.7 Å². The number of carbonyl (C=O) groups excluding carboxylic acids is 3. The molecule has 2 aromatic carbocycles. The lowest BCUT2D eigenvalue weighted by atomic mass is 10.2. The van der Waals surface area contributed by atoms with E-state index in [-0.39, 0.29) is 24.7 Å². The van der Waals surface area contributed by atoms with Crippen molar-refractivity contribution >= 4 is 24.0 Å². The monoisotopic (exact) mass is 414 g/mol. The Balaban J connectivity index is 1.75. The van der Waals surface area contributed by atoms with Crippen LogP contribution < -0.4 is 30.1 Å². The smallest absolute Gasteiger partial charge is 0.259 e. The Hall–Kier alpha value is -4.08. The predicted molar refractivity (Wildman–Crippen MR) is 104 cm³/mol. The number of ether oxygens (including phenoxy) is 3. The van der Waals surface area contributed by atoms with Crippen molar-refractivity contribution in [2.75, 3.05) is 26.9 Å². The third kappa shape index (κ3) is 7.89. The lowest BCUT2D eigenvalue weighted by molar-refractivity contribution is -0.307. The van der Waals surface area contributed by atoms with Gasteiger partial charge in [0.05, 0.1) is 25.8 Å². The van der Waals surface area contributed by atoms with Crippen LogP contribution in [0, 0.1) is 0 Å². The average molecular weight is 414 g/mol. The van der Waals surface area contributed by atoms with E-state index in [0.717, 1.165) is 0 Å². The number of methoxy groups -OCH3 is 1. The molecule has 30 heavy (non-hydrogen) atoms. The van der Waals surface area contributed by atoms with Crippen LogP contribution >= 0.6 is 0 Å². The summed E-state index contributed by atoms with van der Waals surface area (Å²) in [7, 11) is 1.40. The van der Waals surface area contributed by atoms with Crippen LogP contribution in [-0.2, 0) is 14.4 Å². The molecule has 0 saturated heterocycles. The predicted octanol–water partition coefficient (Wildman–Crippen LogP) is -0.531. The van der Waals surface area contributed by atoms with E-state index in [0.29, 0.717) is 11.3 Å². The molecule has 0 fully saturated rings. The molecule has 0 aliphatic carbocycles. The van der Waals surface area contributed by atoms with E-state index >= 15 is 0 Å². The molecule has 158 valence electrons. The van der Waals surface area contributed by atoms with Gasteiger partial charge >= 0.3 is 0 Å². The number of hydrazone groups is 1. The van der Waals surface area contributed by atoms with E-state index in [1.165, 1.54) is 19.4 Å². The minimum absolute atomic E-state index is 0.216. The van der Waals surface area contributed by atoms with Gasteiger partial charge in [0.2, 0.25) is 0 Å². The summed E-state index contributed by atoms with van der Waals surface area (Å²) in [6.07, 6.45) is 1.35.